The minimum Gasteiger partial charge on any atom is -0.466 e. The molecule has 0 radical (unpaired) electrons. The summed E-state index contributed by atoms with van der Waals surface area (Å²) in [7, 11) is 0. The number of hydrogen-bond donors (Lipinski definition) is 0. The highest BCUT2D eigenvalue weighted by molar-refractivity contribution is 5.85. The van der Waals surface area contributed by atoms with Gasteiger partial charge in [0.1, 0.15) is 0 Å². The normalized spacial score (nSPS) is 24.2. The van der Waals surface area contributed by atoms with Gasteiger partial charge in [0.05, 0.1) is 12.5 Å². The Labute approximate surface area is 132 Å². The molecule has 1 aliphatic rings. The third kappa shape index (κ3) is 3.16. The number of esters is 1. The number of amides is 1. The zero-order valence-corrected chi connectivity index (χ0v) is 13.8. The fraction of sp³-hybridized carbons (Fsp3) is 0.556. The molecule has 1 aromatic carbocycles. The van der Waals surface area contributed by atoms with Crippen LogP contribution in [-0.2, 0) is 20.9 Å². The van der Waals surface area contributed by atoms with Crippen LogP contribution in [0.5, 0.6) is 0 Å². The summed E-state index contributed by atoms with van der Waals surface area (Å²) in [5, 5.41) is 0. The minimum atomic E-state index is -0.386. The van der Waals surface area contributed by atoms with Gasteiger partial charge in [-0.1, -0.05) is 37.3 Å². The van der Waals surface area contributed by atoms with Gasteiger partial charge in [-0.25, -0.2) is 0 Å². The number of rotatable bonds is 4. The number of ether oxygens (including phenoxy) is 1. The lowest BCUT2D eigenvalue weighted by Gasteiger charge is -2.49. The number of piperidine rings is 1. The molecule has 1 aliphatic heterocycles. The maximum absolute atomic E-state index is 12.6. The van der Waals surface area contributed by atoms with Gasteiger partial charge in [-0.2, -0.15) is 0 Å². The van der Waals surface area contributed by atoms with Crippen LogP contribution >= 0.6 is 0 Å². The summed E-state index contributed by atoms with van der Waals surface area (Å²) < 4.78 is 5.14. The van der Waals surface area contributed by atoms with Gasteiger partial charge in [0.2, 0.25) is 5.91 Å². The van der Waals surface area contributed by atoms with Crippen LogP contribution in [0.1, 0.15) is 39.7 Å². The SMILES string of the molecule is CCOC(=O)C1CC(=O)N(Cc2ccccc2)C(C)(C)C1C. The quantitative estimate of drug-likeness (QED) is 0.803. The van der Waals surface area contributed by atoms with Crippen LogP contribution in [0.15, 0.2) is 30.3 Å². The van der Waals surface area contributed by atoms with E-state index in [0.717, 1.165) is 5.56 Å². The highest BCUT2D eigenvalue weighted by atomic mass is 16.5. The molecule has 0 aromatic heterocycles. The molecule has 1 saturated heterocycles. The summed E-state index contributed by atoms with van der Waals surface area (Å²) in [6.07, 6.45) is 0.232. The Kier molecular flexibility index (Phi) is 4.89. The average molecular weight is 303 g/mol. The molecule has 1 fully saturated rings. The lowest BCUT2D eigenvalue weighted by Crippen LogP contribution is -2.59. The van der Waals surface area contributed by atoms with Crippen molar-refractivity contribution in [1.82, 2.24) is 4.90 Å². The topological polar surface area (TPSA) is 46.6 Å². The van der Waals surface area contributed by atoms with Crippen molar-refractivity contribution in [3.05, 3.63) is 35.9 Å². The van der Waals surface area contributed by atoms with Crippen molar-refractivity contribution < 1.29 is 14.3 Å². The van der Waals surface area contributed by atoms with Gasteiger partial charge in [-0.05, 0) is 32.3 Å². The number of carbonyl (C=O) groups is 2. The van der Waals surface area contributed by atoms with E-state index in [1.54, 1.807) is 6.92 Å². The number of nitrogens with zero attached hydrogens (tertiary/aromatic N) is 1. The van der Waals surface area contributed by atoms with Gasteiger partial charge >= 0.3 is 5.97 Å². The lowest BCUT2D eigenvalue weighted by atomic mass is 9.72. The summed E-state index contributed by atoms with van der Waals surface area (Å²) in [5.74, 6) is -0.539. The molecule has 0 N–H and O–H groups in total. The highest BCUT2D eigenvalue weighted by Gasteiger charge is 2.48. The first kappa shape index (κ1) is 16.5. The molecule has 0 bridgehead atoms. The molecule has 1 amide bonds. The van der Waals surface area contributed by atoms with Gasteiger partial charge in [0.25, 0.3) is 0 Å². The van der Waals surface area contributed by atoms with Crippen molar-refractivity contribution in [2.75, 3.05) is 6.61 Å². The number of benzene rings is 1. The first-order valence-electron chi connectivity index (χ1n) is 7.89. The maximum atomic E-state index is 12.6. The summed E-state index contributed by atoms with van der Waals surface area (Å²) in [6.45, 7) is 8.82. The van der Waals surface area contributed by atoms with E-state index in [1.807, 2.05) is 56.0 Å². The minimum absolute atomic E-state index is 0.0185. The zero-order chi connectivity index (χ0) is 16.3. The van der Waals surface area contributed by atoms with Crippen molar-refractivity contribution in [3.8, 4) is 0 Å². The van der Waals surface area contributed by atoms with Crippen molar-refractivity contribution >= 4 is 11.9 Å². The smallest absolute Gasteiger partial charge is 0.309 e. The second-order valence-electron chi connectivity index (χ2n) is 6.47. The molecule has 22 heavy (non-hydrogen) atoms. The molecule has 1 aromatic rings. The molecule has 2 rings (SSSR count). The molecular weight excluding hydrogens is 278 g/mol. The fourth-order valence-corrected chi connectivity index (χ4v) is 3.13. The van der Waals surface area contributed by atoms with E-state index in [9.17, 15) is 9.59 Å². The largest absolute Gasteiger partial charge is 0.466 e. The van der Waals surface area contributed by atoms with E-state index >= 15 is 0 Å². The summed E-state index contributed by atoms with van der Waals surface area (Å²) in [4.78, 5) is 26.6. The van der Waals surface area contributed by atoms with Gasteiger partial charge in [0.15, 0.2) is 0 Å². The lowest BCUT2D eigenvalue weighted by molar-refractivity contribution is -0.165. The molecule has 0 spiro atoms. The Hall–Kier alpha value is -1.84. The first-order chi connectivity index (χ1) is 10.4. The first-order valence-corrected chi connectivity index (χ1v) is 7.89. The van der Waals surface area contributed by atoms with Crippen LogP contribution in [0.2, 0.25) is 0 Å². The molecule has 0 saturated carbocycles. The Morgan fingerprint density at radius 1 is 1.32 bits per heavy atom. The van der Waals surface area contributed by atoms with Crippen LogP contribution in [0, 0.1) is 11.8 Å². The number of hydrogen-bond acceptors (Lipinski definition) is 3. The molecule has 4 nitrogen and oxygen atoms in total. The van der Waals surface area contributed by atoms with Gasteiger partial charge < -0.3 is 9.64 Å². The van der Waals surface area contributed by atoms with E-state index in [1.165, 1.54) is 0 Å². The predicted octanol–water partition coefficient (Wildman–Crippen LogP) is 3.01. The Morgan fingerprint density at radius 2 is 1.95 bits per heavy atom. The Balaban J connectivity index is 2.21. The predicted molar refractivity (Wildman–Crippen MR) is 85.0 cm³/mol. The maximum Gasteiger partial charge on any atom is 0.309 e. The summed E-state index contributed by atoms with van der Waals surface area (Å²) in [5.41, 5.74) is 0.716. The van der Waals surface area contributed by atoms with E-state index in [2.05, 4.69) is 0 Å². The van der Waals surface area contributed by atoms with Crippen molar-refractivity contribution in [2.45, 2.75) is 46.2 Å². The monoisotopic (exact) mass is 303 g/mol. The average Bonchev–Trinajstić information content (AvgIpc) is 2.49. The molecule has 0 aliphatic carbocycles. The molecule has 120 valence electrons. The van der Waals surface area contributed by atoms with E-state index in [-0.39, 0.29) is 35.7 Å². The van der Waals surface area contributed by atoms with Crippen molar-refractivity contribution in [1.29, 1.82) is 0 Å². The zero-order valence-electron chi connectivity index (χ0n) is 13.8. The van der Waals surface area contributed by atoms with Crippen molar-refractivity contribution in [2.24, 2.45) is 11.8 Å². The number of carbonyl (C=O) groups excluding carboxylic acids is 2. The Morgan fingerprint density at radius 3 is 2.55 bits per heavy atom. The van der Waals surface area contributed by atoms with Crippen LogP contribution in [-0.4, -0.2) is 28.9 Å². The third-order valence-corrected chi connectivity index (χ3v) is 4.88. The molecule has 1 heterocycles. The van der Waals surface area contributed by atoms with E-state index in [4.69, 9.17) is 4.74 Å². The number of likely N-dealkylation sites (tertiary alicyclic amines) is 1. The van der Waals surface area contributed by atoms with Crippen LogP contribution in [0.4, 0.5) is 0 Å². The Bertz CT molecular complexity index is 539. The molecular formula is C18H25NO3. The van der Waals surface area contributed by atoms with E-state index < -0.39 is 0 Å². The molecule has 4 heteroatoms. The summed E-state index contributed by atoms with van der Waals surface area (Å²) in [6, 6.07) is 9.95. The molecule has 2 atom stereocenters. The van der Waals surface area contributed by atoms with Crippen LogP contribution < -0.4 is 0 Å². The van der Waals surface area contributed by atoms with E-state index in [0.29, 0.717) is 13.2 Å². The standard InChI is InChI=1S/C18H25NO3/c1-5-22-17(21)15-11-16(20)19(18(3,4)13(15)2)12-14-9-7-6-8-10-14/h6-10,13,15H,5,11-12H2,1-4H3. The van der Waals surface area contributed by atoms with Gasteiger partial charge in [0, 0.05) is 18.5 Å². The fourth-order valence-electron chi connectivity index (χ4n) is 3.13. The summed E-state index contributed by atoms with van der Waals surface area (Å²) >= 11 is 0. The second kappa shape index (κ2) is 6.51. The highest BCUT2D eigenvalue weighted by Crippen LogP contribution is 2.39. The van der Waals surface area contributed by atoms with Crippen LogP contribution in [0.3, 0.4) is 0 Å². The third-order valence-electron chi connectivity index (χ3n) is 4.88. The van der Waals surface area contributed by atoms with Gasteiger partial charge in [-0.3, -0.25) is 9.59 Å². The van der Waals surface area contributed by atoms with Crippen LogP contribution in [0.25, 0.3) is 0 Å². The second-order valence-corrected chi connectivity index (χ2v) is 6.47. The van der Waals surface area contributed by atoms with Gasteiger partial charge in [-0.15, -0.1) is 0 Å². The van der Waals surface area contributed by atoms with Crippen molar-refractivity contribution in [3.63, 3.8) is 0 Å². The molecule has 2 unspecified atom stereocenters.